The number of hydrogen-bond donors (Lipinski definition) is 3. The van der Waals surface area contributed by atoms with Crippen molar-refractivity contribution in [1.82, 2.24) is 15.6 Å². The van der Waals surface area contributed by atoms with Crippen LogP contribution in [0.25, 0.3) is 10.9 Å². The van der Waals surface area contributed by atoms with Crippen LogP contribution in [-0.4, -0.2) is 30.5 Å². The van der Waals surface area contributed by atoms with Gasteiger partial charge in [0.2, 0.25) is 5.91 Å². The minimum absolute atomic E-state index is 0.0845. The van der Waals surface area contributed by atoms with E-state index in [4.69, 9.17) is 0 Å². The third-order valence-electron chi connectivity index (χ3n) is 3.13. The summed E-state index contributed by atoms with van der Waals surface area (Å²) < 4.78 is 0. The van der Waals surface area contributed by atoms with E-state index in [1.165, 1.54) is 0 Å². The van der Waals surface area contributed by atoms with Crippen LogP contribution in [0.2, 0.25) is 0 Å². The fourth-order valence-corrected chi connectivity index (χ4v) is 2.13. The van der Waals surface area contributed by atoms with Crippen molar-refractivity contribution in [3.8, 4) is 0 Å². The largest absolute Gasteiger partial charge is 0.361 e. The van der Waals surface area contributed by atoms with Gasteiger partial charge in [-0.15, -0.1) is 0 Å². The average molecular weight is 259 g/mol. The van der Waals surface area contributed by atoms with Gasteiger partial charge in [0.25, 0.3) is 0 Å². The molecule has 1 aromatic carbocycles. The fraction of sp³-hybridized carbons (Fsp3) is 0.400. The lowest BCUT2D eigenvalue weighted by atomic mass is 10.1. The first-order valence-corrected chi connectivity index (χ1v) is 6.83. The Bertz CT molecular complexity index is 533. The van der Waals surface area contributed by atoms with Crippen molar-refractivity contribution in [2.24, 2.45) is 0 Å². The van der Waals surface area contributed by atoms with Gasteiger partial charge in [0.05, 0.1) is 6.42 Å². The van der Waals surface area contributed by atoms with Crippen molar-refractivity contribution in [3.63, 3.8) is 0 Å². The molecular weight excluding hydrogens is 238 g/mol. The van der Waals surface area contributed by atoms with Gasteiger partial charge in [0.15, 0.2) is 0 Å². The molecule has 2 aromatic rings. The molecule has 2 rings (SSSR count). The van der Waals surface area contributed by atoms with E-state index in [1.807, 2.05) is 30.5 Å². The Balaban J connectivity index is 1.82. The monoisotopic (exact) mass is 259 g/mol. The van der Waals surface area contributed by atoms with Crippen LogP contribution in [0, 0.1) is 0 Å². The molecule has 0 radical (unpaired) electrons. The zero-order valence-corrected chi connectivity index (χ0v) is 11.3. The van der Waals surface area contributed by atoms with Crippen molar-refractivity contribution in [1.29, 1.82) is 0 Å². The Morgan fingerprint density at radius 1 is 1.26 bits per heavy atom. The summed E-state index contributed by atoms with van der Waals surface area (Å²) in [6.07, 6.45) is 3.32. The van der Waals surface area contributed by atoms with Crippen LogP contribution in [0.3, 0.4) is 0 Å². The molecule has 0 unspecified atom stereocenters. The van der Waals surface area contributed by atoms with Crippen LogP contribution in [0.4, 0.5) is 0 Å². The fourth-order valence-electron chi connectivity index (χ4n) is 2.13. The summed E-state index contributed by atoms with van der Waals surface area (Å²) in [4.78, 5) is 15.0. The highest BCUT2D eigenvalue weighted by Gasteiger charge is 2.07. The molecule has 0 saturated carbocycles. The SMILES string of the molecule is CCNCCCNC(=O)Cc1c[nH]c2ccccc12. The normalized spacial score (nSPS) is 10.8. The van der Waals surface area contributed by atoms with Gasteiger partial charge in [-0.3, -0.25) is 4.79 Å². The summed E-state index contributed by atoms with van der Waals surface area (Å²) >= 11 is 0. The van der Waals surface area contributed by atoms with E-state index in [2.05, 4.69) is 22.5 Å². The number of fused-ring (bicyclic) bond motifs is 1. The van der Waals surface area contributed by atoms with E-state index in [0.29, 0.717) is 6.42 Å². The molecule has 0 aliphatic heterocycles. The quantitative estimate of drug-likeness (QED) is 0.664. The topological polar surface area (TPSA) is 56.9 Å². The van der Waals surface area contributed by atoms with E-state index >= 15 is 0 Å². The second-order valence-electron chi connectivity index (χ2n) is 4.59. The third-order valence-corrected chi connectivity index (χ3v) is 3.13. The molecule has 1 aromatic heterocycles. The highest BCUT2D eigenvalue weighted by molar-refractivity contribution is 5.88. The number of aromatic amines is 1. The molecule has 0 bridgehead atoms. The first kappa shape index (κ1) is 13.6. The second-order valence-corrected chi connectivity index (χ2v) is 4.59. The Labute approximate surface area is 113 Å². The second kappa shape index (κ2) is 6.95. The molecule has 19 heavy (non-hydrogen) atoms. The minimum atomic E-state index is 0.0845. The van der Waals surface area contributed by atoms with Crippen LogP contribution in [0.1, 0.15) is 18.9 Å². The van der Waals surface area contributed by atoms with E-state index < -0.39 is 0 Å². The first-order chi connectivity index (χ1) is 9.31. The van der Waals surface area contributed by atoms with Gasteiger partial charge in [0, 0.05) is 23.6 Å². The summed E-state index contributed by atoms with van der Waals surface area (Å²) in [6.45, 7) is 4.73. The average Bonchev–Trinajstić information content (AvgIpc) is 2.82. The Morgan fingerprint density at radius 3 is 2.95 bits per heavy atom. The number of hydrogen-bond acceptors (Lipinski definition) is 2. The Morgan fingerprint density at radius 2 is 2.11 bits per heavy atom. The molecule has 1 heterocycles. The predicted molar refractivity (Wildman–Crippen MR) is 78.2 cm³/mol. The molecule has 1 amide bonds. The number of H-pyrrole nitrogens is 1. The standard InChI is InChI=1S/C15H21N3O/c1-2-16-8-5-9-17-15(19)10-12-11-18-14-7-4-3-6-13(12)14/h3-4,6-7,11,16,18H,2,5,8-10H2,1H3,(H,17,19). The lowest BCUT2D eigenvalue weighted by Gasteiger charge is -2.05. The summed E-state index contributed by atoms with van der Waals surface area (Å²) in [6, 6.07) is 8.05. The van der Waals surface area contributed by atoms with Gasteiger partial charge >= 0.3 is 0 Å². The minimum Gasteiger partial charge on any atom is -0.361 e. The van der Waals surface area contributed by atoms with Crippen molar-refractivity contribution in [2.45, 2.75) is 19.8 Å². The molecule has 0 atom stereocenters. The summed E-state index contributed by atoms with van der Waals surface area (Å²) in [5.74, 6) is 0.0845. The lowest BCUT2D eigenvalue weighted by Crippen LogP contribution is -2.28. The maximum atomic E-state index is 11.8. The van der Waals surface area contributed by atoms with Crippen LogP contribution in [0.5, 0.6) is 0 Å². The number of para-hydroxylation sites is 1. The van der Waals surface area contributed by atoms with Crippen molar-refractivity contribution in [3.05, 3.63) is 36.0 Å². The van der Waals surface area contributed by atoms with Gasteiger partial charge in [-0.05, 0) is 31.1 Å². The van der Waals surface area contributed by atoms with Crippen molar-refractivity contribution < 1.29 is 4.79 Å². The van der Waals surface area contributed by atoms with E-state index in [-0.39, 0.29) is 5.91 Å². The molecule has 0 aliphatic carbocycles. The molecule has 4 nitrogen and oxygen atoms in total. The maximum absolute atomic E-state index is 11.8. The van der Waals surface area contributed by atoms with Crippen LogP contribution >= 0.6 is 0 Å². The third kappa shape index (κ3) is 3.83. The summed E-state index contributed by atoms with van der Waals surface area (Å²) in [7, 11) is 0. The Hall–Kier alpha value is -1.81. The number of carbonyl (C=O) groups excluding carboxylic acids is 1. The molecular formula is C15H21N3O. The number of nitrogens with one attached hydrogen (secondary N) is 3. The van der Waals surface area contributed by atoms with Gasteiger partial charge in [-0.25, -0.2) is 0 Å². The first-order valence-electron chi connectivity index (χ1n) is 6.83. The molecule has 0 spiro atoms. The number of amides is 1. The van der Waals surface area contributed by atoms with E-state index in [1.54, 1.807) is 0 Å². The van der Waals surface area contributed by atoms with E-state index in [9.17, 15) is 4.79 Å². The summed E-state index contributed by atoms with van der Waals surface area (Å²) in [5.41, 5.74) is 2.14. The molecule has 0 saturated heterocycles. The maximum Gasteiger partial charge on any atom is 0.224 e. The molecule has 4 heteroatoms. The van der Waals surface area contributed by atoms with Gasteiger partial charge in [-0.2, -0.15) is 0 Å². The number of benzene rings is 1. The molecule has 0 aliphatic rings. The summed E-state index contributed by atoms with van der Waals surface area (Å²) in [5, 5.41) is 7.32. The predicted octanol–water partition coefficient (Wildman–Crippen LogP) is 1.83. The number of rotatable bonds is 7. The van der Waals surface area contributed by atoms with E-state index in [0.717, 1.165) is 42.5 Å². The van der Waals surface area contributed by atoms with Crippen molar-refractivity contribution >= 4 is 16.8 Å². The number of aromatic nitrogens is 1. The lowest BCUT2D eigenvalue weighted by molar-refractivity contribution is -0.120. The van der Waals surface area contributed by atoms with Gasteiger partial charge < -0.3 is 15.6 Å². The highest BCUT2D eigenvalue weighted by atomic mass is 16.1. The molecule has 3 N–H and O–H groups in total. The Kier molecular flexibility index (Phi) is 4.98. The van der Waals surface area contributed by atoms with Gasteiger partial charge in [0.1, 0.15) is 0 Å². The van der Waals surface area contributed by atoms with Crippen LogP contribution in [0.15, 0.2) is 30.5 Å². The number of carbonyl (C=O) groups is 1. The highest BCUT2D eigenvalue weighted by Crippen LogP contribution is 2.17. The molecule has 102 valence electrons. The van der Waals surface area contributed by atoms with Crippen LogP contribution in [-0.2, 0) is 11.2 Å². The smallest absolute Gasteiger partial charge is 0.224 e. The zero-order valence-electron chi connectivity index (χ0n) is 11.3. The van der Waals surface area contributed by atoms with Gasteiger partial charge in [-0.1, -0.05) is 25.1 Å². The molecule has 0 fully saturated rings. The van der Waals surface area contributed by atoms with Crippen LogP contribution < -0.4 is 10.6 Å². The zero-order chi connectivity index (χ0) is 13.5. The van der Waals surface area contributed by atoms with Crippen molar-refractivity contribution in [2.75, 3.05) is 19.6 Å².